The predicted molar refractivity (Wildman–Crippen MR) is 130 cm³/mol. The summed E-state index contributed by atoms with van der Waals surface area (Å²) in [6.45, 7) is 1.76. The van der Waals surface area contributed by atoms with E-state index in [1.165, 1.54) is 4.57 Å². The molecule has 0 amide bonds. The molecule has 6 nitrogen and oxygen atoms in total. The topological polar surface area (TPSA) is 98.1 Å². The molecule has 0 spiro atoms. The van der Waals surface area contributed by atoms with Gasteiger partial charge in [-0.15, -0.1) is 11.3 Å². The number of halogens is 2. The van der Waals surface area contributed by atoms with Crippen LogP contribution in [0.1, 0.15) is 24.0 Å². The van der Waals surface area contributed by atoms with E-state index in [9.17, 15) is 14.9 Å². The second-order valence-electron chi connectivity index (χ2n) is 7.08. The fourth-order valence-corrected chi connectivity index (χ4v) is 5.27. The highest BCUT2D eigenvalue weighted by molar-refractivity contribution is 7.07. The van der Waals surface area contributed by atoms with Gasteiger partial charge in [0.2, 0.25) is 0 Å². The lowest BCUT2D eigenvalue weighted by atomic mass is 9.84. The van der Waals surface area contributed by atoms with E-state index in [0.29, 0.717) is 30.4 Å². The SMILES string of the molecule is CCOC(=O)C1=C(N)n2c(s/c(=C\c3ccccc3Cl)c2=O)=C(C#N)[C@@H]1c1ccccc1Cl. The first-order chi connectivity index (χ1) is 15.9. The van der Waals surface area contributed by atoms with Gasteiger partial charge in [0.05, 0.1) is 34.3 Å². The molecule has 2 N–H and O–H groups in total. The number of rotatable bonds is 4. The first kappa shape index (κ1) is 22.9. The third-order valence-electron chi connectivity index (χ3n) is 5.17. The maximum Gasteiger partial charge on any atom is 0.338 e. The zero-order valence-electron chi connectivity index (χ0n) is 17.3. The van der Waals surface area contributed by atoms with Crippen molar-refractivity contribution in [3.8, 4) is 6.07 Å². The predicted octanol–water partition coefficient (Wildman–Crippen LogP) is 3.21. The molecule has 9 heteroatoms. The number of carbonyl (C=O) groups is 1. The number of nitrogens with zero attached hydrogens (tertiary/aromatic N) is 2. The van der Waals surface area contributed by atoms with E-state index >= 15 is 0 Å². The van der Waals surface area contributed by atoms with Crippen molar-refractivity contribution in [1.82, 2.24) is 4.57 Å². The van der Waals surface area contributed by atoms with E-state index in [1.54, 1.807) is 61.5 Å². The van der Waals surface area contributed by atoms with Gasteiger partial charge in [0, 0.05) is 10.0 Å². The quantitative estimate of drug-likeness (QED) is 0.558. The van der Waals surface area contributed by atoms with Crippen LogP contribution in [0.5, 0.6) is 0 Å². The number of thiazole rings is 1. The van der Waals surface area contributed by atoms with Crippen LogP contribution in [0.25, 0.3) is 17.5 Å². The molecule has 0 saturated heterocycles. The van der Waals surface area contributed by atoms with E-state index in [0.717, 1.165) is 11.3 Å². The highest BCUT2D eigenvalue weighted by atomic mass is 35.5. The first-order valence-electron chi connectivity index (χ1n) is 9.93. The third kappa shape index (κ3) is 3.98. The van der Waals surface area contributed by atoms with Crippen molar-refractivity contribution in [2.24, 2.45) is 5.73 Å². The number of hydrogen-bond acceptors (Lipinski definition) is 6. The molecule has 0 unspecified atom stereocenters. The number of ether oxygens (including phenoxy) is 1. The van der Waals surface area contributed by atoms with E-state index in [-0.39, 0.29) is 23.6 Å². The summed E-state index contributed by atoms with van der Waals surface area (Å²) in [7, 11) is 0. The van der Waals surface area contributed by atoms with Crippen LogP contribution in [0, 0.1) is 11.3 Å². The van der Waals surface area contributed by atoms with Gasteiger partial charge in [0.15, 0.2) is 0 Å². The zero-order chi connectivity index (χ0) is 23.7. The summed E-state index contributed by atoms with van der Waals surface area (Å²) in [6, 6.07) is 16.1. The van der Waals surface area contributed by atoms with Crippen LogP contribution in [0.4, 0.5) is 0 Å². The standard InChI is InChI=1S/C24H17Cl2N3O3S/c1-2-32-24(31)20-19(14-8-4-6-10-17(14)26)15(12-27)23-29(21(20)28)22(30)18(33-23)11-13-7-3-5-9-16(13)25/h3-11,19H,2,28H2,1H3/b18-11-/t19-/m0/s1. The van der Waals surface area contributed by atoms with Crippen LogP contribution >= 0.6 is 34.5 Å². The Balaban J connectivity index is 2.11. The van der Waals surface area contributed by atoms with Gasteiger partial charge in [-0.3, -0.25) is 9.36 Å². The second-order valence-corrected chi connectivity index (χ2v) is 8.92. The van der Waals surface area contributed by atoms with E-state index in [4.69, 9.17) is 33.7 Å². The molecule has 2 heterocycles. The molecule has 4 rings (SSSR count). The van der Waals surface area contributed by atoms with Crippen molar-refractivity contribution in [3.05, 3.63) is 94.8 Å². The maximum absolute atomic E-state index is 13.3. The normalized spacial score (nSPS) is 15.9. The number of esters is 1. The fourth-order valence-electron chi connectivity index (χ4n) is 3.71. The molecule has 0 radical (unpaired) electrons. The number of benzene rings is 2. The molecule has 0 aliphatic carbocycles. The van der Waals surface area contributed by atoms with E-state index in [1.807, 2.05) is 0 Å². The van der Waals surface area contributed by atoms with E-state index < -0.39 is 17.4 Å². The van der Waals surface area contributed by atoms with Crippen LogP contribution in [-0.2, 0) is 9.53 Å². The Bertz CT molecular complexity index is 1530. The van der Waals surface area contributed by atoms with Crippen LogP contribution in [0.15, 0.2) is 58.9 Å². The smallest absolute Gasteiger partial charge is 0.338 e. The Kier molecular flexibility index (Phi) is 6.43. The van der Waals surface area contributed by atoms with Gasteiger partial charge in [-0.1, -0.05) is 59.6 Å². The Morgan fingerprint density at radius 2 is 1.88 bits per heavy atom. The maximum atomic E-state index is 13.3. The summed E-state index contributed by atoms with van der Waals surface area (Å²) >= 11 is 13.8. The van der Waals surface area contributed by atoms with Crippen molar-refractivity contribution in [1.29, 1.82) is 5.26 Å². The summed E-state index contributed by atoms with van der Waals surface area (Å²) in [6.07, 6.45) is 1.64. The van der Waals surface area contributed by atoms with Crippen LogP contribution in [0.2, 0.25) is 10.0 Å². The lowest BCUT2D eigenvalue weighted by molar-refractivity contribution is -0.138. The van der Waals surface area contributed by atoms with E-state index in [2.05, 4.69) is 6.07 Å². The van der Waals surface area contributed by atoms with Gasteiger partial charge in [-0.25, -0.2) is 4.79 Å². The number of carbonyl (C=O) groups excluding carboxylic acids is 1. The Hall–Kier alpha value is -3.31. The number of nitrogens with two attached hydrogens (primary N) is 1. The average molecular weight is 498 g/mol. The van der Waals surface area contributed by atoms with Crippen LogP contribution in [-0.4, -0.2) is 17.1 Å². The molecule has 1 aromatic heterocycles. The molecule has 0 saturated carbocycles. The molecule has 0 bridgehead atoms. The zero-order valence-corrected chi connectivity index (χ0v) is 19.7. The van der Waals surface area contributed by atoms with Crippen molar-refractivity contribution >= 4 is 58.0 Å². The highest BCUT2D eigenvalue weighted by Crippen LogP contribution is 2.39. The first-order valence-corrected chi connectivity index (χ1v) is 11.5. The summed E-state index contributed by atoms with van der Waals surface area (Å²) in [5.41, 5.74) is 7.28. The van der Waals surface area contributed by atoms with Crippen molar-refractivity contribution in [2.45, 2.75) is 12.8 Å². The molecule has 1 aliphatic rings. The number of fused-ring (bicyclic) bond motifs is 1. The van der Waals surface area contributed by atoms with Gasteiger partial charge in [-0.05, 0) is 36.3 Å². The summed E-state index contributed by atoms with van der Waals surface area (Å²) in [5.74, 6) is -1.69. The third-order valence-corrected chi connectivity index (χ3v) is 6.97. The lowest BCUT2D eigenvalue weighted by Crippen LogP contribution is -2.40. The van der Waals surface area contributed by atoms with Gasteiger partial charge < -0.3 is 10.5 Å². The molecule has 33 heavy (non-hydrogen) atoms. The lowest BCUT2D eigenvalue weighted by Gasteiger charge is -2.25. The average Bonchev–Trinajstić information content (AvgIpc) is 3.12. The molecule has 1 atom stereocenters. The second kappa shape index (κ2) is 9.28. The van der Waals surface area contributed by atoms with Crippen molar-refractivity contribution < 1.29 is 9.53 Å². The van der Waals surface area contributed by atoms with Gasteiger partial charge in [0.25, 0.3) is 5.56 Å². The molecule has 1 aliphatic heterocycles. The fraction of sp³-hybridized carbons (Fsp3) is 0.125. The minimum atomic E-state index is -0.881. The Labute approximate surface area is 203 Å². The number of aromatic nitrogens is 1. The van der Waals surface area contributed by atoms with Gasteiger partial charge in [-0.2, -0.15) is 5.26 Å². The number of nitriles is 1. The Morgan fingerprint density at radius 1 is 1.21 bits per heavy atom. The highest BCUT2D eigenvalue weighted by Gasteiger charge is 2.37. The van der Waals surface area contributed by atoms with Crippen molar-refractivity contribution in [3.63, 3.8) is 0 Å². The summed E-state index contributed by atoms with van der Waals surface area (Å²) in [4.78, 5) is 26.3. The molecule has 166 valence electrons. The summed E-state index contributed by atoms with van der Waals surface area (Å²) in [5, 5.41) is 11.0. The van der Waals surface area contributed by atoms with Gasteiger partial charge in [0.1, 0.15) is 10.5 Å². The van der Waals surface area contributed by atoms with Crippen molar-refractivity contribution in [2.75, 3.05) is 6.61 Å². The summed E-state index contributed by atoms with van der Waals surface area (Å²) < 4.78 is 7.06. The molecular formula is C24H17Cl2N3O3S. The minimum absolute atomic E-state index is 0.00167. The van der Waals surface area contributed by atoms with Gasteiger partial charge >= 0.3 is 5.97 Å². The van der Waals surface area contributed by atoms with Crippen LogP contribution in [0.3, 0.4) is 0 Å². The minimum Gasteiger partial charge on any atom is -0.463 e. The molecule has 2 aromatic carbocycles. The largest absolute Gasteiger partial charge is 0.463 e. The molecule has 0 fully saturated rings. The monoisotopic (exact) mass is 497 g/mol. The molecule has 3 aromatic rings. The Morgan fingerprint density at radius 3 is 2.52 bits per heavy atom. The van der Waals surface area contributed by atoms with Crippen LogP contribution < -0.4 is 20.5 Å². The number of hydrogen-bond donors (Lipinski definition) is 1. The molecular weight excluding hydrogens is 481 g/mol.